The fraction of sp³-hybridized carbons (Fsp3) is 0.476. The van der Waals surface area contributed by atoms with E-state index >= 15 is 0 Å². The molecule has 0 amide bonds. The first-order valence-electron chi connectivity index (χ1n) is 9.81. The van der Waals surface area contributed by atoms with Crippen LogP contribution in [0, 0.1) is 23.8 Å². The molecule has 1 saturated heterocycles. The zero-order chi connectivity index (χ0) is 20.1. The Kier molecular flexibility index (Phi) is 6.46. The lowest BCUT2D eigenvalue weighted by atomic mass is 9.99. The second kappa shape index (κ2) is 9.01. The SMILES string of the molecule is Cc1nccc(CN2CCN(c3cc(CC(C)C)ccc3C(=N)N=N)CC2)n1. The molecule has 1 aliphatic rings. The van der Waals surface area contributed by atoms with Crippen LogP contribution in [0.3, 0.4) is 0 Å². The van der Waals surface area contributed by atoms with Crippen molar-refractivity contribution < 1.29 is 0 Å². The lowest BCUT2D eigenvalue weighted by molar-refractivity contribution is 0.247. The molecular weight excluding hydrogens is 350 g/mol. The van der Waals surface area contributed by atoms with Gasteiger partial charge in [0.2, 0.25) is 0 Å². The first kappa shape index (κ1) is 20.1. The largest absolute Gasteiger partial charge is 0.368 e. The molecule has 1 fully saturated rings. The molecule has 0 spiro atoms. The van der Waals surface area contributed by atoms with E-state index < -0.39 is 0 Å². The van der Waals surface area contributed by atoms with E-state index in [9.17, 15) is 0 Å². The summed E-state index contributed by atoms with van der Waals surface area (Å²) in [6.07, 6.45) is 2.82. The molecule has 7 heteroatoms. The first-order chi connectivity index (χ1) is 13.5. The van der Waals surface area contributed by atoms with Crippen LogP contribution in [-0.4, -0.2) is 46.9 Å². The van der Waals surface area contributed by atoms with Gasteiger partial charge in [0.1, 0.15) is 5.82 Å². The summed E-state index contributed by atoms with van der Waals surface area (Å²) in [6, 6.07) is 8.16. The summed E-state index contributed by atoms with van der Waals surface area (Å²) in [5.74, 6) is 1.40. The van der Waals surface area contributed by atoms with Crippen molar-refractivity contribution in [2.75, 3.05) is 31.1 Å². The molecule has 0 unspecified atom stereocenters. The van der Waals surface area contributed by atoms with Crippen LogP contribution in [0.4, 0.5) is 5.69 Å². The van der Waals surface area contributed by atoms with Gasteiger partial charge in [-0.3, -0.25) is 10.3 Å². The number of hydrogen-bond donors (Lipinski definition) is 2. The Balaban J connectivity index is 1.73. The van der Waals surface area contributed by atoms with Crippen LogP contribution in [0.15, 0.2) is 35.6 Å². The smallest absolute Gasteiger partial charge is 0.175 e. The van der Waals surface area contributed by atoms with Gasteiger partial charge in [-0.1, -0.05) is 19.9 Å². The number of anilines is 1. The fourth-order valence-corrected chi connectivity index (χ4v) is 3.67. The van der Waals surface area contributed by atoms with Crippen molar-refractivity contribution in [3.05, 3.63) is 53.1 Å². The third kappa shape index (κ3) is 4.98. The maximum absolute atomic E-state index is 8.05. The van der Waals surface area contributed by atoms with E-state index in [4.69, 9.17) is 10.9 Å². The van der Waals surface area contributed by atoms with Gasteiger partial charge in [0, 0.05) is 50.2 Å². The third-order valence-corrected chi connectivity index (χ3v) is 5.01. The molecular formula is C21H29N7. The fourth-order valence-electron chi connectivity index (χ4n) is 3.67. The number of benzene rings is 1. The predicted octanol–water partition coefficient (Wildman–Crippen LogP) is 3.66. The van der Waals surface area contributed by atoms with Gasteiger partial charge in [-0.05, 0) is 43.0 Å². The van der Waals surface area contributed by atoms with Gasteiger partial charge in [-0.15, -0.1) is 5.11 Å². The molecule has 148 valence electrons. The van der Waals surface area contributed by atoms with Crippen molar-refractivity contribution in [2.24, 2.45) is 11.0 Å². The van der Waals surface area contributed by atoms with Crippen molar-refractivity contribution >= 4 is 11.5 Å². The molecule has 0 atom stereocenters. The average Bonchev–Trinajstić information content (AvgIpc) is 2.67. The van der Waals surface area contributed by atoms with E-state index in [1.54, 1.807) is 0 Å². The average molecular weight is 380 g/mol. The predicted molar refractivity (Wildman–Crippen MR) is 111 cm³/mol. The van der Waals surface area contributed by atoms with Gasteiger partial charge < -0.3 is 4.90 Å². The van der Waals surface area contributed by atoms with Crippen LogP contribution in [0.25, 0.3) is 0 Å². The van der Waals surface area contributed by atoms with E-state index in [-0.39, 0.29) is 5.84 Å². The molecule has 0 bridgehead atoms. The number of rotatable bonds is 6. The summed E-state index contributed by atoms with van der Waals surface area (Å²) in [5, 5.41) is 11.4. The Morgan fingerprint density at radius 3 is 2.57 bits per heavy atom. The second-order valence-corrected chi connectivity index (χ2v) is 7.77. The van der Waals surface area contributed by atoms with Crippen LogP contribution >= 0.6 is 0 Å². The number of amidine groups is 1. The minimum absolute atomic E-state index is 0.0185. The van der Waals surface area contributed by atoms with Gasteiger partial charge in [0.15, 0.2) is 5.84 Å². The lowest BCUT2D eigenvalue weighted by Gasteiger charge is -2.37. The number of aromatic nitrogens is 2. The standard InChI is InChI=1S/C21H29N7/c1-15(2)12-17-4-5-19(21(22)26-23)20(13-17)28-10-8-27(9-11-28)14-18-6-7-24-16(3)25-18/h4-7,13,15,22-23H,8-12,14H2,1-3H3. The van der Waals surface area contributed by atoms with Crippen LogP contribution in [0.2, 0.25) is 0 Å². The molecule has 0 radical (unpaired) electrons. The Morgan fingerprint density at radius 2 is 1.93 bits per heavy atom. The zero-order valence-electron chi connectivity index (χ0n) is 16.9. The van der Waals surface area contributed by atoms with Gasteiger partial charge in [0.05, 0.1) is 5.69 Å². The summed E-state index contributed by atoms with van der Waals surface area (Å²) in [4.78, 5) is 13.4. The minimum Gasteiger partial charge on any atom is -0.368 e. The molecule has 0 saturated carbocycles. The van der Waals surface area contributed by atoms with Crippen LogP contribution in [0.5, 0.6) is 0 Å². The highest BCUT2D eigenvalue weighted by Crippen LogP contribution is 2.26. The molecule has 1 aromatic carbocycles. The highest BCUT2D eigenvalue weighted by Gasteiger charge is 2.21. The number of piperazine rings is 1. The van der Waals surface area contributed by atoms with Crippen LogP contribution in [0.1, 0.15) is 36.5 Å². The Bertz CT molecular complexity index is 838. The lowest BCUT2D eigenvalue weighted by Crippen LogP contribution is -2.46. The first-order valence-corrected chi connectivity index (χ1v) is 9.81. The second-order valence-electron chi connectivity index (χ2n) is 7.77. The highest BCUT2D eigenvalue weighted by molar-refractivity contribution is 6.01. The highest BCUT2D eigenvalue weighted by atomic mass is 15.3. The molecule has 2 N–H and O–H groups in total. The van der Waals surface area contributed by atoms with Crippen LogP contribution < -0.4 is 4.90 Å². The molecule has 3 rings (SSSR count). The Hall–Kier alpha value is -2.67. The van der Waals surface area contributed by atoms with Crippen LogP contribution in [-0.2, 0) is 13.0 Å². The monoisotopic (exact) mass is 379 g/mol. The quantitative estimate of drug-likeness (QED) is 0.455. The minimum atomic E-state index is 0.0185. The van der Waals surface area contributed by atoms with Crippen molar-refractivity contribution in [3.63, 3.8) is 0 Å². The Labute approximate surface area is 166 Å². The van der Waals surface area contributed by atoms with E-state index in [0.29, 0.717) is 5.92 Å². The van der Waals surface area contributed by atoms with E-state index in [0.717, 1.165) is 61.9 Å². The summed E-state index contributed by atoms with van der Waals surface area (Å²) < 4.78 is 0. The molecule has 7 nitrogen and oxygen atoms in total. The molecule has 1 aromatic heterocycles. The summed E-state index contributed by atoms with van der Waals surface area (Å²) in [6.45, 7) is 10.8. The molecule has 0 aliphatic carbocycles. The topological polar surface area (TPSA) is 92.3 Å². The number of nitrogens with one attached hydrogen (secondary N) is 2. The van der Waals surface area contributed by atoms with Gasteiger partial charge in [-0.25, -0.2) is 15.5 Å². The van der Waals surface area contributed by atoms with Crippen molar-refractivity contribution in [1.82, 2.24) is 14.9 Å². The van der Waals surface area contributed by atoms with Gasteiger partial charge >= 0.3 is 0 Å². The van der Waals surface area contributed by atoms with E-state index in [1.165, 1.54) is 5.56 Å². The number of aryl methyl sites for hydroxylation is 1. The van der Waals surface area contributed by atoms with E-state index in [2.05, 4.69) is 50.9 Å². The third-order valence-electron chi connectivity index (χ3n) is 5.01. The Morgan fingerprint density at radius 1 is 1.18 bits per heavy atom. The normalized spacial score (nSPS) is 15.1. The zero-order valence-corrected chi connectivity index (χ0v) is 16.9. The molecule has 28 heavy (non-hydrogen) atoms. The molecule has 2 aromatic rings. The van der Waals surface area contributed by atoms with E-state index in [1.807, 2.05) is 25.3 Å². The number of nitrogens with zero attached hydrogens (tertiary/aromatic N) is 5. The maximum Gasteiger partial charge on any atom is 0.175 e. The van der Waals surface area contributed by atoms with Crippen molar-refractivity contribution in [1.29, 1.82) is 10.9 Å². The van der Waals surface area contributed by atoms with Gasteiger partial charge in [-0.2, -0.15) is 0 Å². The summed E-state index contributed by atoms with van der Waals surface area (Å²) in [5.41, 5.74) is 11.3. The molecule has 2 heterocycles. The van der Waals surface area contributed by atoms with Crippen molar-refractivity contribution in [2.45, 2.75) is 33.7 Å². The van der Waals surface area contributed by atoms with Gasteiger partial charge in [0.25, 0.3) is 0 Å². The maximum atomic E-state index is 8.05. The summed E-state index contributed by atoms with van der Waals surface area (Å²) in [7, 11) is 0. The van der Waals surface area contributed by atoms with Crippen molar-refractivity contribution in [3.8, 4) is 0 Å². The number of hydrogen-bond acceptors (Lipinski definition) is 6. The summed E-state index contributed by atoms with van der Waals surface area (Å²) >= 11 is 0. The molecule has 1 aliphatic heterocycles.